The summed E-state index contributed by atoms with van der Waals surface area (Å²) in [5.74, 6) is 0.147. The van der Waals surface area contributed by atoms with Crippen LogP contribution >= 0.6 is 0 Å². The van der Waals surface area contributed by atoms with Crippen molar-refractivity contribution >= 4 is 5.91 Å². The number of carbonyl (C=O) groups excluding carboxylic acids is 1. The molecule has 3 rings (SSSR count). The van der Waals surface area contributed by atoms with Gasteiger partial charge >= 0.3 is 0 Å². The van der Waals surface area contributed by atoms with E-state index in [0.717, 1.165) is 31.5 Å². The Kier molecular flexibility index (Phi) is 7.07. The molecule has 0 saturated carbocycles. The molecule has 0 aliphatic rings. The normalized spacial score (nSPS) is 11.9. The summed E-state index contributed by atoms with van der Waals surface area (Å²) in [4.78, 5) is 15.4. The minimum atomic E-state index is -0.0784. The molecule has 1 heterocycles. The number of carbonyl (C=O) groups is 1. The highest BCUT2D eigenvalue weighted by Crippen LogP contribution is 2.23. The predicted molar refractivity (Wildman–Crippen MR) is 115 cm³/mol. The van der Waals surface area contributed by atoms with Crippen molar-refractivity contribution in [2.45, 2.75) is 45.7 Å². The maximum atomic E-state index is 13.4. The van der Waals surface area contributed by atoms with Gasteiger partial charge in [0.25, 0.3) is 0 Å². The molecule has 0 bridgehead atoms. The van der Waals surface area contributed by atoms with Crippen LogP contribution in [0.25, 0.3) is 0 Å². The molecule has 0 spiro atoms. The second kappa shape index (κ2) is 9.93. The Morgan fingerprint density at radius 1 is 0.929 bits per heavy atom. The van der Waals surface area contributed by atoms with Crippen LogP contribution in [0, 0.1) is 0 Å². The molecule has 3 heteroatoms. The first-order valence-corrected chi connectivity index (χ1v) is 10.2. The number of hydrogen-bond acceptors (Lipinski definition) is 1. The molecule has 0 N–H and O–H groups in total. The van der Waals surface area contributed by atoms with Crippen LogP contribution < -0.4 is 0 Å². The van der Waals surface area contributed by atoms with Crippen LogP contribution in [-0.2, 0) is 17.9 Å². The summed E-state index contributed by atoms with van der Waals surface area (Å²) in [5.41, 5.74) is 3.55. The van der Waals surface area contributed by atoms with Gasteiger partial charge in [-0.05, 0) is 36.1 Å². The lowest BCUT2D eigenvalue weighted by Crippen LogP contribution is -2.36. The van der Waals surface area contributed by atoms with Gasteiger partial charge in [0.1, 0.15) is 0 Å². The molecule has 0 fully saturated rings. The fourth-order valence-corrected chi connectivity index (χ4v) is 3.72. The molecule has 1 amide bonds. The van der Waals surface area contributed by atoms with Gasteiger partial charge in [-0.15, -0.1) is 0 Å². The SMILES string of the molecule is CCCN(Cc1cccn1Cc1ccccc1)C(=O)[C@@H](CC)c1ccccc1. The third-order valence-corrected chi connectivity index (χ3v) is 5.19. The van der Waals surface area contributed by atoms with E-state index in [1.807, 2.05) is 29.2 Å². The average molecular weight is 375 g/mol. The van der Waals surface area contributed by atoms with Crippen molar-refractivity contribution in [2.24, 2.45) is 0 Å². The van der Waals surface area contributed by atoms with Gasteiger partial charge in [0.2, 0.25) is 5.91 Å². The first-order chi connectivity index (χ1) is 13.7. The lowest BCUT2D eigenvalue weighted by molar-refractivity contribution is -0.133. The second-order valence-corrected chi connectivity index (χ2v) is 7.24. The zero-order valence-electron chi connectivity index (χ0n) is 16.9. The van der Waals surface area contributed by atoms with Crippen LogP contribution in [0.4, 0.5) is 0 Å². The van der Waals surface area contributed by atoms with Gasteiger partial charge < -0.3 is 9.47 Å². The number of benzene rings is 2. The smallest absolute Gasteiger partial charge is 0.230 e. The maximum absolute atomic E-state index is 13.4. The minimum absolute atomic E-state index is 0.0784. The molecule has 2 aromatic carbocycles. The van der Waals surface area contributed by atoms with E-state index >= 15 is 0 Å². The molecular formula is C25H30N2O. The summed E-state index contributed by atoms with van der Waals surface area (Å²) >= 11 is 0. The summed E-state index contributed by atoms with van der Waals surface area (Å²) in [5, 5.41) is 0. The Labute approximate surface area is 168 Å². The van der Waals surface area contributed by atoms with Crippen molar-refractivity contribution in [3.63, 3.8) is 0 Å². The van der Waals surface area contributed by atoms with E-state index in [2.05, 4.69) is 73.1 Å². The number of hydrogen-bond donors (Lipinski definition) is 0. The highest BCUT2D eigenvalue weighted by molar-refractivity contribution is 5.83. The van der Waals surface area contributed by atoms with Crippen LogP contribution in [0.15, 0.2) is 79.0 Å². The van der Waals surface area contributed by atoms with E-state index < -0.39 is 0 Å². The topological polar surface area (TPSA) is 25.2 Å². The Balaban J connectivity index is 1.78. The Morgan fingerprint density at radius 2 is 1.61 bits per heavy atom. The lowest BCUT2D eigenvalue weighted by Gasteiger charge is -2.27. The van der Waals surface area contributed by atoms with Crippen molar-refractivity contribution in [2.75, 3.05) is 6.54 Å². The highest BCUT2D eigenvalue weighted by atomic mass is 16.2. The van der Waals surface area contributed by atoms with Gasteiger partial charge in [0.15, 0.2) is 0 Å². The molecule has 3 aromatic rings. The van der Waals surface area contributed by atoms with Gasteiger partial charge in [0, 0.05) is 25.0 Å². The molecule has 0 aliphatic heterocycles. The van der Waals surface area contributed by atoms with Gasteiger partial charge in [-0.2, -0.15) is 0 Å². The van der Waals surface area contributed by atoms with Crippen molar-refractivity contribution in [3.8, 4) is 0 Å². The summed E-state index contributed by atoms with van der Waals surface area (Å²) in [6, 6.07) is 24.8. The monoisotopic (exact) mass is 374 g/mol. The van der Waals surface area contributed by atoms with Gasteiger partial charge in [-0.1, -0.05) is 74.5 Å². The number of amides is 1. The summed E-state index contributed by atoms with van der Waals surface area (Å²) in [6.45, 7) is 6.48. The van der Waals surface area contributed by atoms with E-state index in [1.165, 1.54) is 11.3 Å². The van der Waals surface area contributed by atoms with Crippen molar-refractivity contribution < 1.29 is 4.79 Å². The zero-order chi connectivity index (χ0) is 19.8. The molecule has 1 aromatic heterocycles. The highest BCUT2D eigenvalue weighted by Gasteiger charge is 2.24. The Hall–Kier alpha value is -2.81. The van der Waals surface area contributed by atoms with E-state index in [-0.39, 0.29) is 11.8 Å². The first-order valence-electron chi connectivity index (χ1n) is 10.2. The van der Waals surface area contributed by atoms with E-state index in [1.54, 1.807) is 0 Å². The Bertz CT molecular complexity index is 855. The van der Waals surface area contributed by atoms with Gasteiger partial charge in [0.05, 0.1) is 12.5 Å². The van der Waals surface area contributed by atoms with Crippen LogP contribution in [0.5, 0.6) is 0 Å². The molecule has 28 heavy (non-hydrogen) atoms. The summed E-state index contributed by atoms with van der Waals surface area (Å²) < 4.78 is 2.24. The first kappa shape index (κ1) is 19.9. The third kappa shape index (κ3) is 4.92. The predicted octanol–water partition coefficient (Wildman–Crippen LogP) is 5.47. The van der Waals surface area contributed by atoms with Crippen molar-refractivity contribution in [1.29, 1.82) is 0 Å². The van der Waals surface area contributed by atoms with Crippen LogP contribution in [0.3, 0.4) is 0 Å². The molecule has 0 saturated heterocycles. The Morgan fingerprint density at radius 3 is 2.25 bits per heavy atom. The molecule has 1 atom stereocenters. The molecule has 3 nitrogen and oxygen atoms in total. The molecule has 146 valence electrons. The maximum Gasteiger partial charge on any atom is 0.230 e. The fourth-order valence-electron chi connectivity index (χ4n) is 3.72. The van der Waals surface area contributed by atoms with Gasteiger partial charge in [-0.25, -0.2) is 0 Å². The van der Waals surface area contributed by atoms with Crippen molar-refractivity contribution in [3.05, 3.63) is 95.8 Å². The van der Waals surface area contributed by atoms with Crippen molar-refractivity contribution in [1.82, 2.24) is 9.47 Å². The van der Waals surface area contributed by atoms with E-state index in [4.69, 9.17) is 0 Å². The molecule has 0 aliphatic carbocycles. The number of nitrogens with zero attached hydrogens (tertiary/aromatic N) is 2. The standard InChI is InChI=1S/C25H30N2O/c1-3-17-27(25(28)24(4-2)22-14-9-6-10-15-22)20-23-16-11-18-26(23)19-21-12-7-5-8-13-21/h5-16,18,24H,3-4,17,19-20H2,1-2H3/t24-/m0/s1. The number of aromatic nitrogens is 1. The third-order valence-electron chi connectivity index (χ3n) is 5.19. The fraction of sp³-hybridized carbons (Fsp3) is 0.320. The largest absolute Gasteiger partial charge is 0.345 e. The van der Waals surface area contributed by atoms with E-state index in [0.29, 0.717) is 6.54 Å². The minimum Gasteiger partial charge on any atom is -0.345 e. The van der Waals surface area contributed by atoms with Gasteiger partial charge in [-0.3, -0.25) is 4.79 Å². The quantitative estimate of drug-likeness (QED) is 0.488. The molecular weight excluding hydrogens is 344 g/mol. The number of rotatable bonds is 9. The summed E-state index contributed by atoms with van der Waals surface area (Å²) in [7, 11) is 0. The van der Waals surface area contributed by atoms with Crippen LogP contribution in [-0.4, -0.2) is 21.9 Å². The average Bonchev–Trinajstić information content (AvgIpc) is 3.16. The van der Waals surface area contributed by atoms with E-state index in [9.17, 15) is 4.79 Å². The van der Waals surface area contributed by atoms with Crippen LogP contribution in [0.1, 0.15) is 49.4 Å². The zero-order valence-corrected chi connectivity index (χ0v) is 16.9. The molecule has 0 unspecified atom stereocenters. The summed E-state index contributed by atoms with van der Waals surface area (Å²) in [6.07, 6.45) is 3.87. The van der Waals surface area contributed by atoms with Crippen LogP contribution in [0.2, 0.25) is 0 Å². The molecule has 0 radical (unpaired) electrons. The lowest BCUT2D eigenvalue weighted by atomic mass is 9.95. The second-order valence-electron chi connectivity index (χ2n) is 7.24.